The molecule has 0 spiro atoms. The van der Waals surface area contributed by atoms with Crippen LogP contribution in [0.5, 0.6) is 5.75 Å². The lowest BCUT2D eigenvalue weighted by Gasteiger charge is -2.19. The number of amides is 3. The van der Waals surface area contributed by atoms with Gasteiger partial charge in [0.15, 0.2) is 0 Å². The lowest BCUT2D eigenvalue weighted by atomic mass is 10.1. The molecule has 0 saturated carbocycles. The number of fused-ring (bicyclic) bond motifs is 1. The molecule has 2 aliphatic rings. The number of hydrogen-bond donors (Lipinski definition) is 1. The Kier molecular flexibility index (Phi) is 4.96. The monoisotopic (exact) mass is 393 g/mol. The molecule has 1 unspecified atom stereocenters. The number of hydrogen-bond acceptors (Lipinski definition) is 4. The number of carbonyl (C=O) groups is 3. The third-order valence-corrected chi connectivity index (χ3v) is 5.50. The molecule has 4 rings (SSSR count). The van der Waals surface area contributed by atoms with Gasteiger partial charge in [-0.2, -0.15) is 0 Å². The molecule has 1 saturated heterocycles. The maximum absolute atomic E-state index is 12.6. The van der Waals surface area contributed by atoms with E-state index in [0.29, 0.717) is 24.5 Å². The first kappa shape index (κ1) is 19.0. The van der Waals surface area contributed by atoms with Crippen molar-refractivity contribution in [3.05, 3.63) is 48.0 Å². The van der Waals surface area contributed by atoms with E-state index < -0.39 is 5.92 Å². The van der Waals surface area contributed by atoms with Crippen LogP contribution in [0.1, 0.15) is 18.9 Å². The van der Waals surface area contributed by atoms with Gasteiger partial charge in [0, 0.05) is 43.5 Å². The molecule has 7 nitrogen and oxygen atoms in total. The van der Waals surface area contributed by atoms with Gasteiger partial charge in [-0.25, -0.2) is 0 Å². The average Bonchev–Trinajstić information content (AvgIpc) is 3.31. The molecule has 2 heterocycles. The predicted molar refractivity (Wildman–Crippen MR) is 110 cm³/mol. The summed E-state index contributed by atoms with van der Waals surface area (Å²) in [5, 5.41) is 2.87. The zero-order chi connectivity index (χ0) is 20.5. The van der Waals surface area contributed by atoms with Crippen molar-refractivity contribution >= 4 is 34.8 Å². The summed E-state index contributed by atoms with van der Waals surface area (Å²) < 4.78 is 5.12. The Bertz CT molecular complexity index is 971. The van der Waals surface area contributed by atoms with Crippen LogP contribution in [0, 0.1) is 5.92 Å². The minimum Gasteiger partial charge on any atom is -0.497 e. The molecular weight excluding hydrogens is 370 g/mol. The highest BCUT2D eigenvalue weighted by Crippen LogP contribution is 2.34. The summed E-state index contributed by atoms with van der Waals surface area (Å²) in [6, 6.07) is 12.8. The number of ether oxygens (including phenoxy) is 1. The van der Waals surface area contributed by atoms with Crippen molar-refractivity contribution in [3.63, 3.8) is 0 Å². The molecule has 2 aromatic rings. The van der Waals surface area contributed by atoms with Crippen molar-refractivity contribution in [2.75, 3.05) is 35.3 Å². The van der Waals surface area contributed by atoms with Gasteiger partial charge in [-0.1, -0.05) is 0 Å². The second-order valence-electron chi connectivity index (χ2n) is 7.36. The summed E-state index contributed by atoms with van der Waals surface area (Å²) in [5.41, 5.74) is 3.40. The summed E-state index contributed by atoms with van der Waals surface area (Å²) in [7, 11) is 1.59. The fourth-order valence-corrected chi connectivity index (χ4v) is 3.93. The number of benzene rings is 2. The minimum atomic E-state index is -0.411. The Hall–Kier alpha value is -3.35. The van der Waals surface area contributed by atoms with E-state index in [-0.39, 0.29) is 24.1 Å². The van der Waals surface area contributed by atoms with E-state index in [9.17, 15) is 14.4 Å². The van der Waals surface area contributed by atoms with Crippen LogP contribution in [0.4, 0.5) is 17.1 Å². The molecule has 0 aromatic heterocycles. The van der Waals surface area contributed by atoms with Crippen molar-refractivity contribution in [3.8, 4) is 5.75 Å². The van der Waals surface area contributed by atoms with Crippen LogP contribution in [0.3, 0.4) is 0 Å². The smallest absolute Gasteiger partial charge is 0.229 e. The van der Waals surface area contributed by atoms with E-state index in [0.717, 1.165) is 23.4 Å². The van der Waals surface area contributed by atoms with Crippen molar-refractivity contribution in [1.29, 1.82) is 0 Å². The molecule has 29 heavy (non-hydrogen) atoms. The molecule has 0 aliphatic carbocycles. The highest BCUT2D eigenvalue weighted by Gasteiger charge is 2.36. The van der Waals surface area contributed by atoms with Gasteiger partial charge in [-0.05, 0) is 54.4 Å². The van der Waals surface area contributed by atoms with Crippen LogP contribution < -0.4 is 19.9 Å². The Balaban J connectivity index is 1.45. The number of rotatable bonds is 4. The van der Waals surface area contributed by atoms with Crippen molar-refractivity contribution < 1.29 is 19.1 Å². The quantitative estimate of drug-likeness (QED) is 0.866. The van der Waals surface area contributed by atoms with Crippen LogP contribution in [0.15, 0.2) is 42.5 Å². The topological polar surface area (TPSA) is 79.0 Å². The van der Waals surface area contributed by atoms with Crippen LogP contribution in [0.25, 0.3) is 0 Å². The molecule has 1 N–H and O–H groups in total. The fraction of sp³-hybridized carbons (Fsp3) is 0.318. The largest absolute Gasteiger partial charge is 0.497 e. The molecule has 7 heteroatoms. The van der Waals surface area contributed by atoms with Gasteiger partial charge < -0.3 is 19.9 Å². The molecule has 3 amide bonds. The van der Waals surface area contributed by atoms with Gasteiger partial charge in [-0.3, -0.25) is 14.4 Å². The maximum Gasteiger partial charge on any atom is 0.229 e. The first-order valence-corrected chi connectivity index (χ1v) is 9.62. The fourth-order valence-electron chi connectivity index (χ4n) is 3.93. The first-order valence-electron chi connectivity index (χ1n) is 9.62. The lowest BCUT2D eigenvalue weighted by Crippen LogP contribution is -2.28. The Labute approximate surface area is 169 Å². The SMILES string of the molecule is COc1ccc(NC(=O)C2CC(=O)N(c3ccc4c(c3)CCN4C(C)=O)C2)cc1. The summed E-state index contributed by atoms with van der Waals surface area (Å²) in [6.07, 6.45) is 0.949. The van der Waals surface area contributed by atoms with Crippen LogP contribution in [0.2, 0.25) is 0 Å². The number of methoxy groups -OCH3 is 1. The Morgan fingerprint density at radius 3 is 2.59 bits per heavy atom. The van der Waals surface area contributed by atoms with E-state index in [1.54, 1.807) is 48.1 Å². The molecule has 150 valence electrons. The van der Waals surface area contributed by atoms with Gasteiger partial charge in [0.2, 0.25) is 17.7 Å². The van der Waals surface area contributed by atoms with Gasteiger partial charge in [0.1, 0.15) is 5.75 Å². The summed E-state index contributed by atoms with van der Waals surface area (Å²) in [6.45, 7) is 2.56. The molecular formula is C22H23N3O4. The van der Waals surface area contributed by atoms with E-state index >= 15 is 0 Å². The summed E-state index contributed by atoms with van der Waals surface area (Å²) in [5.74, 6) is 0.0805. The lowest BCUT2D eigenvalue weighted by molar-refractivity contribution is -0.122. The zero-order valence-corrected chi connectivity index (χ0v) is 16.5. The van der Waals surface area contributed by atoms with Gasteiger partial charge in [0.05, 0.1) is 13.0 Å². The highest BCUT2D eigenvalue weighted by molar-refractivity contribution is 6.04. The molecule has 0 bridgehead atoms. The molecule has 1 atom stereocenters. The number of anilines is 3. The normalized spacial score (nSPS) is 18.0. The van der Waals surface area contributed by atoms with E-state index in [1.165, 1.54) is 0 Å². The highest BCUT2D eigenvalue weighted by atomic mass is 16.5. The van der Waals surface area contributed by atoms with Crippen molar-refractivity contribution in [1.82, 2.24) is 0 Å². The zero-order valence-electron chi connectivity index (χ0n) is 16.5. The molecule has 1 fully saturated rings. The molecule has 0 radical (unpaired) electrons. The van der Waals surface area contributed by atoms with E-state index in [4.69, 9.17) is 4.74 Å². The van der Waals surface area contributed by atoms with Gasteiger partial charge >= 0.3 is 0 Å². The third-order valence-electron chi connectivity index (χ3n) is 5.50. The van der Waals surface area contributed by atoms with Gasteiger partial charge in [-0.15, -0.1) is 0 Å². The Morgan fingerprint density at radius 1 is 1.14 bits per heavy atom. The molecule has 2 aromatic carbocycles. The standard InChI is InChI=1S/C22H23N3O4/c1-14(26)24-10-9-15-11-18(5-8-20(15)24)25-13-16(12-21(25)27)22(28)23-17-3-6-19(29-2)7-4-17/h3-8,11,16H,9-10,12-13H2,1-2H3,(H,23,28). The minimum absolute atomic E-state index is 0.0176. The first-order chi connectivity index (χ1) is 14.0. The predicted octanol–water partition coefficient (Wildman–Crippen LogP) is 2.60. The summed E-state index contributed by atoms with van der Waals surface area (Å²) >= 11 is 0. The summed E-state index contributed by atoms with van der Waals surface area (Å²) in [4.78, 5) is 40.3. The Morgan fingerprint density at radius 2 is 1.90 bits per heavy atom. The van der Waals surface area contributed by atoms with Crippen LogP contribution >= 0.6 is 0 Å². The van der Waals surface area contributed by atoms with Crippen LogP contribution in [-0.2, 0) is 20.8 Å². The van der Waals surface area contributed by atoms with E-state index in [2.05, 4.69) is 5.32 Å². The molecule has 2 aliphatic heterocycles. The van der Waals surface area contributed by atoms with Crippen molar-refractivity contribution in [2.24, 2.45) is 5.92 Å². The number of nitrogens with zero attached hydrogens (tertiary/aromatic N) is 2. The third kappa shape index (κ3) is 3.68. The maximum atomic E-state index is 12.6. The second-order valence-corrected chi connectivity index (χ2v) is 7.36. The number of nitrogens with one attached hydrogen (secondary N) is 1. The van der Waals surface area contributed by atoms with Crippen LogP contribution in [-0.4, -0.2) is 37.9 Å². The average molecular weight is 393 g/mol. The van der Waals surface area contributed by atoms with E-state index in [1.807, 2.05) is 18.2 Å². The number of carbonyl (C=O) groups excluding carboxylic acids is 3. The second kappa shape index (κ2) is 7.58. The van der Waals surface area contributed by atoms with Gasteiger partial charge in [0.25, 0.3) is 0 Å². The van der Waals surface area contributed by atoms with Crippen molar-refractivity contribution in [2.45, 2.75) is 19.8 Å².